The lowest BCUT2D eigenvalue weighted by Crippen LogP contribution is -2.51. The molecule has 19 heavy (non-hydrogen) atoms. The lowest BCUT2D eigenvalue weighted by Gasteiger charge is -2.36. The highest BCUT2D eigenvalue weighted by Gasteiger charge is 2.50. The normalized spacial score (nSPS) is 28.3. The van der Waals surface area contributed by atoms with Crippen molar-refractivity contribution in [1.29, 1.82) is 0 Å². The molecule has 3 heteroatoms. The fraction of sp³-hybridized carbons (Fsp3) is 1.00. The molecule has 0 spiro atoms. The van der Waals surface area contributed by atoms with E-state index in [1.165, 1.54) is 0 Å². The fourth-order valence-corrected chi connectivity index (χ4v) is 3.48. The summed E-state index contributed by atoms with van der Waals surface area (Å²) < 4.78 is 12.1. The van der Waals surface area contributed by atoms with Crippen LogP contribution in [0.2, 0.25) is 0 Å². The number of hydrogen-bond acceptors (Lipinski definition) is 3. The van der Waals surface area contributed by atoms with Crippen molar-refractivity contribution in [2.24, 2.45) is 5.92 Å². The molecule has 1 heterocycles. The number of hydrogen-bond donors (Lipinski definition) is 1. The van der Waals surface area contributed by atoms with Gasteiger partial charge >= 0.3 is 0 Å². The molecule has 114 valence electrons. The summed E-state index contributed by atoms with van der Waals surface area (Å²) in [7, 11) is 0. The van der Waals surface area contributed by atoms with Crippen LogP contribution in [0.4, 0.5) is 0 Å². The molecule has 1 N–H and O–H groups in total. The molecule has 0 bridgehead atoms. The van der Waals surface area contributed by atoms with Crippen molar-refractivity contribution >= 4 is 0 Å². The van der Waals surface area contributed by atoms with Gasteiger partial charge in [0.1, 0.15) is 0 Å². The zero-order valence-corrected chi connectivity index (χ0v) is 13.9. The molecule has 3 nitrogen and oxygen atoms in total. The first-order valence-electron chi connectivity index (χ1n) is 7.78. The Labute approximate surface area is 119 Å². The van der Waals surface area contributed by atoms with Crippen LogP contribution in [0, 0.1) is 5.92 Å². The summed E-state index contributed by atoms with van der Waals surface area (Å²) >= 11 is 0. The molecule has 1 fully saturated rings. The van der Waals surface area contributed by atoms with E-state index < -0.39 is 0 Å². The van der Waals surface area contributed by atoms with Gasteiger partial charge in [-0.3, -0.25) is 0 Å². The second-order valence-corrected chi connectivity index (χ2v) is 6.92. The molecule has 0 amide bonds. The van der Waals surface area contributed by atoms with Crippen LogP contribution < -0.4 is 5.32 Å². The molecule has 0 aromatic carbocycles. The maximum absolute atomic E-state index is 6.24. The minimum atomic E-state index is -0.0970. The van der Waals surface area contributed by atoms with Crippen molar-refractivity contribution in [1.82, 2.24) is 5.32 Å². The molecule has 3 unspecified atom stereocenters. The zero-order valence-electron chi connectivity index (χ0n) is 13.9. The van der Waals surface area contributed by atoms with Crippen molar-refractivity contribution in [2.75, 3.05) is 13.2 Å². The van der Waals surface area contributed by atoms with Crippen LogP contribution in [0.3, 0.4) is 0 Å². The van der Waals surface area contributed by atoms with Gasteiger partial charge in [0, 0.05) is 18.6 Å². The summed E-state index contributed by atoms with van der Waals surface area (Å²) in [6.45, 7) is 17.1. The van der Waals surface area contributed by atoms with Crippen molar-refractivity contribution in [3.8, 4) is 0 Å². The van der Waals surface area contributed by atoms with Crippen LogP contribution in [0.15, 0.2) is 0 Å². The van der Waals surface area contributed by atoms with Gasteiger partial charge in [-0.1, -0.05) is 6.92 Å². The third-order valence-electron chi connectivity index (χ3n) is 4.14. The topological polar surface area (TPSA) is 30.5 Å². The van der Waals surface area contributed by atoms with Crippen molar-refractivity contribution in [3.63, 3.8) is 0 Å². The van der Waals surface area contributed by atoms with Crippen LogP contribution in [-0.4, -0.2) is 36.5 Å². The van der Waals surface area contributed by atoms with Gasteiger partial charge in [0.05, 0.1) is 17.3 Å². The van der Waals surface area contributed by atoms with Crippen LogP contribution in [-0.2, 0) is 9.47 Å². The molecule has 0 saturated carbocycles. The third-order valence-corrected chi connectivity index (χ3v) is 4.14. The molecule has 1 rings (SSSR count). The highest BCUT2D eigenvalue weighted by molar-refractivity contribution is 5.01. The summed E-state index contributed by atoms with van der Waals surface area (Å²) in [4.78, 5) is 0. The maximum atomic E-state index is 6.24. The highest BCUT2D eigenvalue weighted by atomic mass is 16.5. The van der Waals surface area contributed by atoms with E-state index in [1.54, 1.807) is 0 Å². The van der Waals surface area contributed by atoms with Gasteiger partial charge in [0.25, 0.3) is 0 Å². The van der Waals surface area contributed by atoms with Crippen LogP contribution >= 0.6 is 0 Å². The van der Waals surface area contributed by atoms with Crippen molar-refractivity contribution < 1.29 is 9.47 Å². The first-order chi connectivity index (χ1) is 8.73. The molecular weight excluding hydrogens is 238 g/mol. The summed E-state index contributed by atoms with van der Waals surface area (Å²) in [6, 6.07) is 0.358. The minimum Gasteiger partial charge on any atom is -0.377 e. The smallest absolute Gasteiger partial charge is 0.0703 e. The monoisotopic (exact) mass is 271 g/mol. The first kappa shape index (κ1) is 16.9. The molecule has 1 aliphatic rings. The molecule has 3 atom stereocenters. The largest absolute Gasteiger partial charge is 0.377 e. The Morgan fingerprint density at radius 1 is 1.26 bits per heavy atom. The van der Waals surface area contributed by atoms with Crippen LogP contribution in [0.1, 0.15) is 61.3 Å². The quantitative estimate of drug-likeness (QED) is 0.770. The van der Waals surface area contributed by atoms with Gasteiger partial charge in [0.2, 0.25) is 0 Å². The van der Waals surface area contributed by atoms with E-state index in [0.29, 0.717) is 12.0 Å². The summed E-state index contributed by atoms with van der Waals surface area (Å²) in [5.74, 6) is 0.482. The van der Waals surface area contributed by atoms with Crippen LogP contribution in [0.5, 0.6) is 0 Å². The predicted molar refractivity (Wildman–Crippen MR) is 80.5 cm³/mol. The fourth-order valence-electron chi connectivity index (χ4n) is 3.48. The Balaban J connectivity index is 2.84. The Morgan fingerprint density at radius 2 is 1.89 bits per heavy atom. The van der Waals surface area contributed by atoms with E-state index >= 15 is 0 Å². The standard InChI is InChI=1S/C16H33NO2/c1-8-10-17-14(12(3)18-9-2)13-11-15(4,5)19-16(13,6)7/h12-14,17H,8-11H2,1-7H3. The minimum absolute atomic E-state index is 0.0355. The second-order valence-electron chi connectivity index (χ2n) is 6.92. The van der Waals surface area contributed by atoms with E-state index in [-0.39, 0.29) is 17.3 Å². The van der Waals surface area contributed by atoms with Crippen LogP contribution in [0.25, 0.3) is 0 Å². The molecular formula is C16H33NO2. The van der Waals surface area contributed by atoms with Gasteiger partial charge in [-0.15, -0.1) is 0 Å². The van der Waals surface area contributed by atoms with E-state index in [4.69, 9.17) is 9.47 Å². The Morgan fingerprint density at radius 3 is 2.32 bits per heavy atom. The number of nitrogens with one attached hydrogen (secondary N) is 1. The van der Waals surface area contributed by atoms with Crippen molar-refractivity contribution in [2.45, 2.75) is 84.7 Å². The zero-order chi connectivity index (χ0) is 14.7. The number of rotatable bonds is 7. The third kappa shape index (κ3) is 4.44. The second kappa shape index (κ2) is 6.55. The Bertz CT molecular complexity index is 276. The van der Waals surface area contributed by atoms with E-state index in [2.05, 4.69) is 53.8 Å². The Hall–Kier alpha value is -0.120. The average Bonchev–Trinajstić information content (AvgIpc) is 2.48. The molecule has 0 aliphatic carbocycles. The molecule has 0 aromatic rings. The number of ether oxygens (including phenoxy) is 2. The average molecular weight is 271 g/mol. The molecule has 0 aromatic heterocycles. The molecule has 1 aliphatic heterocycles. The van der Waals surface area contributed by atoms with Gasteiger partial charge in [-0.25, -0.2) is 0 Å². The SMILES string of the molecule is CCCNC(C(C)OCC)C1CC(C)(C)OC1(C)C. The summed E-state index contributed by atoms with van der Waals surface area (Å²) in [5.41, 5.74) is -0.132. The lowest BCUT2D eigenvalue weighted by molar-refractivity contribution is -0.0848. The lowest BCUT2D eigenvalue weighted by atomic mass is 9.79. The maximum Gasteiger partial charge on any atom is 0.0703 e. The summed E-state index contributed by atoms with van der Waals surface area (Å²) in [5, 5.41) is 3.68. The summed E-state index contributed by atoms with van der Waals surface area (Å²) in [6.07, 6.45) is 2.45. The Kier molecular flexibility index (Phi) is 5.84. The van der Waals surface area contributed by atoms with Gasteiger partial charge in [0.15, 0.2) is 0 Å². The first-order valence-corrected chi connectivity index (χ1v) is 7.78. The van der Waals surface area contributed by atoms with E-state index in [0.717, 1.165) is 26.0 Å². The van der Waals surface area contributed by atoms with E-state index in [1.807, 2.05) is 0 Å². The molecule has 1 saturated heterocycles. The predicted octanol–water partition coefficient (Wildman–Crippen LogP) is 3.37. The van der Waals surface area contributed by atoms with Crippen molar-refractivity contribution in [3.05, 3.63) is 0 Å². The van der Waals surface area contributed by atoms with Gasteiger partial charge in [-0.05, 0) is 60.9 Å². The van der Waals surface area contributed by atoms with E-state index in [9.17, 15) is 0 Å². The molecule has 0 radical (unpaired) electrons. The van der Waals surface area contributed by atoms with Gasteiger partial charge in [-0.2, -0.15) is 0 Å². The highest BCUT2D eigenvalue weighted by Crippen LogP contribution is 2.44. The van der Waals surface area contributed by atoms with Gasteiger partial charge < -0.3 is 14.8 Å².